The molecule has 0 amide bonds. The number of hydrogen-bond acceptors (Lipinski definition) is 3. The summed E-state index contributed by atoms with van der Waals surface area (Å²) in [5.74, 6) is 0. The molecule has 0 N–H and O–H groups in total. The van der Waals surface area contributed by atoms with Gasteiger partial charge in [-0.05, 0) is 18.1 Å². The monoisotopic (exact) mass is 241 g/mol. The summed E-state index contributed by atoms with van der Waals surface area (Å²) < 4.78 is 5.68. The van der Waals surface area contributed by atoms with Crippen LogP contribution in [0.5, 0.6) is 0 Å². The van der Waals surface area contributed by atoms with E-state index >= 15 is 0 Å². The third-order valence-electron chi connectivity index (χ3n) is 3.14. The van der Waals surface area contributed by atoms with Gasteiger partial charge in [-0.2, -0.15) is 0 Å². The van der Waals surface area contributed by atoms with E-state index in [2.05, 4.69) is 0 Å². The maximum atomic E-state index is 10.9. The summed E-state index contributed by atoms with van der Waals surface area (Å²) in [6, 6.07) is 10.8. The highest BCUT2D eigenvalue weighted by molar-refractivity contribution is 6.07. The summed E-state index contributed by atoms with van der Waals surface area (Å²) in [5.41, 5.74) is 2.38. The first-order valence-electron chi connectivity index (χ1n) is 5.79. The standard InChI is InChI=1S/C14H11NO3/c1-2-9-7-10(15(16)17)8-13-14(9)11-5-3-4-6-12(11)18-13/h3-8H,2H2,1H3. The minimum Gasteiger partial charge on any atom is -0.456 e. The van der Waals surface area contributed by atoms with Gasteiger partial charge >= 0.3 is 0 Å². The highest BCUT2D eigenvalue weighted by Gasteiger charge is 2.16. The number of fused-ring (bicyclic) bond motifs is 3. The van der Waals surface area contributed by atoms with Crippen molar-refractivity contribution in [2.75, 3.05) is 0 Å². The van der Waals surface area contributed by atoms with Crippen molar-refractivity contribution in [3.05, 3.63) is 52.1 Å². The smallest absolute Gasteiger partial charge is 0.273 e. The van der Waals surface area contributed by atoms with E-state index in [1.807, 2.05) is 31.2 Å². The molecule has 0 unspecified atom stereocenters. The van der Waals surface area contributed by atoms with Crippen LogP contribution in [-0.4, -0.2) is 4.92 Å². The summed E-state index contributed by atoms with van der Waals surface area (Å²) >= 11 is 0. The first-order chi connectivity index (χ1) is 8.70. The molecule has 0 aliphatic rings. The van der Waals surface area contributed by atoms with Crippen molar-refractivity contribution in [3.63, 3.8) is 0 Å². The Bertz CT molecular complexity index is 758. The molecule has 90 valence electrons. The maximum Gasteiger partial charge on any atom is 0.273 e. The van der Waals surface area contributed by atoms with Gasteiger partial charge in [-0.1, -0.05) is 25.1 Å². The van der Waals surface area contributed by atoms with Gasteiger partial charge in [-0.3, -0.25) is 10.1 Å². The largest absolute Gasteiger partial charge is 0.456 e. The number of non-ortho nitro benzene ring substituents is 1. The van der Waals surface area contributed by atoms with Gasteiger partial charge in [0.25, 0.3) is 5.69 Å². The summed E-state index contributed by atoms with van der Waals surface area (Å²) in [4.78, 5) is 10.5. The summed E-state index contributed by atoms with van der Waals surface area (Å²) in [7, 11) is 0. The van der Waals surface area contributed by atoms with Crippen LogP contribution in [0.3, 0.4) is 0 Å². The molecule has 0 saturated heterocycles. The van der Waals surface area contributed by atoms with Crippen molar-refractivity contribution in [2.24, 2.45) is 0 Å². The molecule has 0 radical (unpaired) electrons. The normalized spacial score (nSPS) is 11.2. The lowest BCUT2D eigenvalue weighted by molar-refractivity contribution is -0.384. The van der Waals surface area contributed by atoms with Crippen molar-refractivity contribution in [2.45, 2.75) is 13.3 Å². The highest BCUT2D eigenvalue weighted by atomic mass is 16.6. The van der Waals surface area contributed by atoms with E-state index in [0.717, 1.165) is 28.3 Å². The number of para-hydroxylation sites is 1. The predicted octanol–water partition coefficient (Wildman–Crippen LogP) is 4.06. The zero-order valence-electron chi connectivity index (χ0n) is 9.84. The number of aryl methyl sites for hydroxylation is 1. The van der Waals surface area contributed by atoms with Crippen LogP contribution in [0.1, 0.15) is 12.5 Å². The van der Waals surface area contributed by atoms with Gasteiger partial charge in [0.1, 0.15) is 11.2 Å². The Morgan fingerprint density at radius 2 is 2.00 bits per heavy atom. The van der Waals surface area contributed by atoms with E-state index in [1.165, 1.54) is 6.07 Å². The second-order valence-electron chi connectivity index (χ2n) is 4.19. The Labute approximate surface area is 103 Å². The van der Waals surface area contributed by atoms with E-state index in [0.29, 0.717) is 5.58 Å². The predicted molar refractivity (Wildman–Crippen MR) is 69.8 cm³/mol. The molecule has 1 heterocycles. The molecule has 0 bridgehead atoms. The van der Waals surface area contributed by atoms with E-state index in [1.54, 1.807) is 6.07 Å². The third-order valence-corrected chi connectivity index (χ3v) is 3.14. The van der Waals surface area contributed by atoms with Crippen LogP contribution in [0.25, 0.3) is 21.9 Å². The molecular formula is C14H11NO3. The van der Waals surface area contributed by atoms with Gasteiger partial charge < -0.3 is 4.42 Å². The van der Waals surface area contributed by atoms with Crippen molar-refractivity contribution < 1.29 is 9.34 Å². The molecule has 0 aliphatic heterocycles. The molecule has 0 spiro atoms. The second kappa shape index (κ2) is 3.84. The number of nitro benzene ring substituents is 1. The molecular weight excluding hydrogens is 230 g/mol. The lowest BCUT2D eigenvalue weighted by atomic mass is 10.0. The molecule has 18 heavy (non-hydrogen) atoms. The van der Waals surface area contributed by atoms with E-state index < -0.39 is 0 Å². The minimum atomic E-state index is -0.383. The Morgan fingerprint density at radius 1 is 1.22 bits per heavy atom. The summed E-state index contributed by atoms with van der Waals surface area (Å²) in [6.45, 7) is 1.99. The number of furan rings is 1. The van der Waals surface area contributed by atoms with Crippen LogP contribution < -0.4 is 0 Å². The van der Waals surface area contributed by atoms with Gasteiger partial charge in [0.15, 0.2) is 0 Å². The van der Waals surface area contributed by atoms with Crippen molar-refractivity contribution in [3.8, 4) is 0 Å². The second-order valence-corrected chi connectivity index (χ2v) is 4.19. The van der Waals surface area contributed by atoms with Gasteiger partial charge in [0, 0.05) is 16.8 Å². The van der Waals surface area contributed by atoms with Gasteiger partial charge in [-0.15, -0.1) is 0 Å². The SMILES string of the molecule is CCc1cc([N+](=O)[O-])cc2oc3ccccc3c12. The first-order valence-corrected chi connectivity index (χ1v) is 5.79. The number of nitro groups is 1. The zero-order chi connectivity index (χ0) is 12.7. The quantitative estimate of drug-likeness (QED) is 0.502. The van der Waals surface area contributed by atoms with Crippen LogP contribution in [0.4, 0.5) is 5.69 Å². The number of hydrogen-bond donors (Lipinski definition) is 0. The van der Waals surface area contributed by atoms with Crippen molar-refractivity contribution in [1.29, 1.82) is 0 Å². The van der Waals surface area contributed by atoms with Crippen LogP contribution in [0.15, 0.2) is 40.8 Å². The van der Waals surface area contributed by atoms with Crippen molar-refractivity contribution >= 4 is 27.6 Å². The fourth-order valence-corrected chi connectivity index (χ4v) is 2.31. The lowest BCUT2D eigenvalue weighted by Gasteiger charge is -1.99. The fraction of sp³-hybridized carbons (Fsp3) is 0.143. The average molecular weight is 241 g/mol. The number of rotatable bonds is 2. The van der Waals surface area contributed by atoms with E-state index in [9.17, 15) is 10.1 Å². The lowest BCUT2D eigenvalue weighted by Crippen LogP contribution is -1.90. The van der Waals surface area contributed by atoms with Crippen LogP contribution >= 0.6 is 0 Å². The Morgan fingerprint density at radius 3 is 2.72 bits per heavy atom. The molecule has 3 rings (SSSR count). The van der Waals surface area contributed by atoms with Crippen molar-refractivity contribution in [1.82, 2.24) is 0 Å². The molecule has 3 aromatic rings. The Balaban J connectivity index is 2.47. The van der Waals surface area contributed by atoms with Gasteiger partial charge in [0.05, 0.1) is 11.0 Å². The average Bonchev–Trinajstić information content (AvgIpc) is 2.75. The topological polar surface area (TPSA) is 56.3 Å². The van der Waals surface area contributed by atoms with Gasteiger partial charge in [0.2, 0.25) is 0 Å². The molecule has 0 fully saturated rings. The molecule has 2 aromatic carbocycles. The molecule has 1 aromatic heterocycles. The zero-order valence-corrected chi connectivity index (χ0v) is 9.84. The van der Waals surface area contributed by atoms with Crippen LogP contribution in [0.2, 0.25) is 0 Å². The van der Waals surface area contributed by atoms with Gasteiger partial charge in [-0.25, -0.2) is 0 Å². The molecule has 4 nitrogen and oxygen atoms in total. The molecule has 0 atom stereocenters. The highest BCUT2D eigenvalue weighted by Crippen LogP contribution is 2.34. The van der Waals surface area contributed by atoms with E-state index in [-0.39, 0.29) is 10.6 Å². The maximum absolute atomic E-state index is 10.9. The molecule has 0 saturated carbocycles. The first kappa shape index (κ1) is 10.8. The van der Waals surface area contributed by atoms with Crippen LogP contribution in [-0.2, 0) is 6.42 Å². The Hall–Kier alpha value is -2.36. The van der Waals surface area contributed by atoms with E-state index in [4.69, 9.17) is 4.42 Å². The fourth-order valence-electron chi connectivity index (χ4n) is 2.31. The molecule has 4 heteroatoms. The molecule has 0 aliphatic carbocycles. The minimum absolute atomic E-state index is 0.0819. The summed E-state index contributed by atoms with van der Waals surface area (Å²) in [6.07, 6.45) is 0.738. The van der Waals surface area contributed by atoms with Crippen LogP contribution in [0, 0.1) is 10.1 Å². The third kappa shape index (κ3) is 1.46. The number of benzene rings is 2. The Kier molecular flexibility index (Phi) is 2.30. The number of nitrogens with zero attached hydrogens (tertiary/aromatic N) is 1. The summed E-state index contributed by atoms with van der Waals surface area (Å²) in [5, 5.41) is 12.9.